The molecule has 1 fully saturated rings. The maximum Gasteiger partial charge on any atom is 0.352 e. The smallest absolute Gasteiger partial charge is 0.352 e. The molecule has 11 N–H and O–H groups in total. The van der Waals surface area contributed by atoms with Crippen LogP contribution in [0, 0.1) is 5.82 Å². The summed E-state index contributed by atoms with van der Waals surface area (Å²) in [4.78, 5) is 35.7. The van der Waals surface area contributed by atoms with Crippen LogP contribution < -0.4 is 33.5 Å². The third-order valence-corrected chi connectivity index (χ3v) is 3.78. The zero-order valence-electron chi connectivity index (χ0n) is 12.6. The van der Waals surface area contributed by atoms with E-state index in [1.807, 2.05) is 0 Å². The Morgan fingerprint density at radius 3 is 2.50 bits per heavy atom. The molecule has 1 saturated heterocycles. The molecule has 0 unspecified atom stereocenters. The molecule has 0 aromatic carbocycles. The number of aliphatic hydroxyl groups excluding tert-OH is 1. The van der Waals surface area contributed by atoms with Gasteiger partial charge in [-0.2, -0.15) is 13.8 Å². The molecule has 11 nitrogen and oxygen atoms in total. The lowest BCUT2D eigenvalue weighted by molar-refractivity contribution is -0.315. The Hall–Kier alpha value is -1.54. The van der Waals surface area contributed by atoms with Crippen molar-refractivity contribution in [3.8, 4) is 0 Å². The van der Waals surface area contributed by atoms with Crippen LogP contribution >= 0.6 is 7.60 Å². The Labute approximate surface area is 132 Å². The number of aromatic nitrogens is 2. The van der Waals surface area contributed by atoms with Gasteiger partial charge in [0, 0.05) is 6.16 Å². The molecule has 0 bridgehead atoms. The summed E-state index contributed by atoms with van der Waals surface area (Å²) in [6.07, 6.45) is -8.42. The summed E-state index contributed by atoms with van der Waals surface area (Å²) in [5, 5.41) is 9.40. The van der Waals surface area contributed by atoms with Crippen molar-refractivity contribution >= 4 is 13.4 Å². The van der Waals surface area contributed by atoms with Gasteiger partial charge in [-0.1, -0.05) is 7.60 Å². The van der Waals surface area contributed by atoms with Crippen molar-refractivity contribution in [1.29, 1.82) is 0 Å². The lowest BCUT2D eigenvalue weighted by Crippen LogP contribution is -2.42. The van der Waals surface area contributed by atoms with Crippen molar-refractivity contribution in [2.24, 2.45) is 0 Å². The first-order valence-electron chi connectivity index (χ1n) is 5.70. The zero-order chi connectivity index (χ0) is 16.9. The van der Waals surface area contributed by atoms with Crippen LogP contribution in [0.2, 0.25) is 0 Å². The van der Waals surface area contributed by atoms with Gasteiger partial charge in [0.25, 0.3) is 0 Å². The average molecular weight is 379 g/mol. The van der Waals surface area contributed by atoms with Crippen molar-refractivity contribution in [1.82, 2.24) is 21.9 Å². The molecule has 0 amide bonds. The molecule has 15 heteroatoms. The van der Waals surface area contributed by atoms with Gasteiger partial charge in [-0.05, 0) is 0 Å². The van der Waals surface area contributed by atoms with Gasteiger partial charge in [0.2, 0.25) is 6.23 Å². The van der Waals surface area contributed by atoms with Crippen LogP contribution in [-0.2, 0) is 9.30 Å². The SMILES string of the molecule is Nc1nc(=O)n([C@@H]2O[C@H](CP(=O)([O-])[O-])[C@@H](O)C2(F)F)cc1F.[NH4+].[NH4+]. The number of anilines is 1. The van der Waals surface area contributed by atoms with Gasteiger partial charge >= 0.3 is 11.6 Å². The fourth-order valence-corrected chi connectivity index (χ4v) is 2.69. The number of hydrogen-bond donors (Lipinski definition) is 4. The summed E-state index contributed by atoms with van der Waals surface area (Å²) in [5.41, 5.74) is 3.60. The Bertz CT molecular complexity index is 697. The van der Waals surface area contributed by atoms with E-state index < -0.39 is 55.4 Å². The minimum atomic E-state index is -5.27. The molecule has 140 valence electrons. The number of rotatable bonds is 3. The first kappa shape index (κ1) is 22.5. The summed E-state index contributed by atoms with van der Waals surface area (Å²) in [6, 6.07) is 0. The van der Waals surface area contributed by atoms with Gasteiger partial charge < -0.3 is 42.2 Å². The topological polar surface area (TPSA) is 227 Å². The van der Waals surface area contributed by atoms with Crippen molar-refractivity contribution < 1.29 is 37.4 Å². The third kappa shape index (κ3) is 4.10. The van der Waals surface area contributed by atoms with Crippen LogP contribution in [-0.4, -0.2) is 38.9 Å². The number of nitrogens with zero attached hydrogens (tertiary/aromatic N) is 2. The van der Waals surface area contributed by atoms with E-state index in [0.717, 1.165) is 0 Å². The van der Waals surface area contributed by atoms with Gasteiger partial charge in [0.1, 0.15) is 6.10 Å². The lowest BCUT2D eigenvalue weighted by Gasteiger charge is -2.32. The molecular formula is C9H17F3N5O6P. The van der Waals surface area contributed by atoms with E-state index in [2.05, 4.69) is 9.72 Å². The number of halogens is 3. The lowest BCUT2D eigenvalue weighted by atomic mass is 10.1. The van der Waals surface area contributed by atoms with E-state index in [9.17, 15) is 37.4 Å². The van der Waals surface area contributed by atoms with E-state index in [1.165, 1.54) is 0 Å². The van der Waals surface area contributed by atoms with Crippen molar-refractivity contribution in [2.45, 2.75) is 24.4 Å². The minimum absolute atomic E-state index is 0. The fourth-order valence-electron chi connectivity index (χ4n) is 1.96. The second-order valence-corrected chi connectivity index (χ2v) is 6.19. The van der Waals surface area contributed by atoms with Gasteiger partial charge in [-0.25, -0.2) is 9.18 Å². The Morgan fingerprint density at radius 1 is 1.46 bits per heavy atom. The molecule has 1 aliphatic heterocycles. The first-order valence-corrected chi connectivity index (χ1v) is 7.43. The third-order valence-electron chi connectivity index (χ3n) is 2.97. The van der Waals surface area contributed by atoms with Crippen LogP contribution in [0.1, 0.15) is 6.23 Å². The molecular weight excluding hydrogens is 362 g/mol. The highest BCUT2D eigenvalue weighted by molar-refractivity contribution is 7.48. The highest BCUT2D eigenvalue weighted by Crippen LogP contribution is 2.45. The van der Waals surface area contributed by atoms with Crippen molar-refractivity contribution in [2.75, 3.05) is 11.9 Å². The molecule has 2 heterocycles. The quantitative estimate of drug-likeness (QED) is 0.452. The number of alkyl halides is 2. The number of aliphatic hydroxyl groups is 1. The predicted octanol–water partition coefficient (Wildman–Crippen LogP) is -1.48. The molecule has 1 aliphatic rings. The highest BCUT2D eigenvalue weighted by atomic mass is 31.2. The molecule has 0 radical (unpaired) electrons. The fraction of sp³-hybridized carbons (Fsp3) is 0.556. The van der Waals surface area contributed by atoms with Crippen LogP contribution in [0.3, 0.4) is 0 Å². The average Bonchev–Trinajstić information content (AvgIpc) is 2.56. The second kappa shape index (κ2) is 7.14. The van der Waals surface area contributed by atoms with Crippen molar-refractivity contribution in [3.63, 3.8) is 0 Å². The molecule has 3 atom stereocenters. The summed E-state index contributed by atoms with van der Waals surface area (Å²) in [6.45, 7) is 0. The van der Waals surface area contributed by atoms with Gasteiger partial charge in [-0.15, -0.1) is 0 Å². The molecule has 24 heavy (non-hydrogen) atoms. The van der Waals surface area contributed by atoms with Crippen LogP contribution in [0.5, 0.6) is 0 Å². The largest absolute Gasteiger partial charge is 0.811 e. The van der Waals surface area contributed by atoms with Crippen LogP contribution in [0.15, 0.2) is 11.0 Å². The Kier molecular flexibility index (Phi) is 6.69. The summed E-state index contributed by atoms with van der Waals surface area (Å²) >= 11 is 0. The van der Waals surface area contributed by atoms with Crippen molar-refractivity contribution in [3.05, 3.63) is 22.5 Å². The minimum Gasteiger partial charge on any atom is -0.811 e. The number of nitrogen functional groups attached to an aromatic ring is 1. The van der Waals surface area contributed by atoms with E-state index in [-0.39, 0.29) is 23.1 Å². The molecule has 0 saturated carbocycles. The first-order chi connectivity index (χ1) is 9.93. The maximum absolute atomic E-state index is 13.9. The Balaban J connectivity index is 0.00000264. The van der Waals surface area contributed by atoms with Gasteiger partial charge in [0.05, 0.1) is 12.3 Å². The molecule has 1 aromatic rings. The number of hydrogen-bond acceptors (Lipinski definition) is 8. The zero-order valence-corrected chi connectivity index (χ0v) is 13.5. The standard InChI is InChI=1S/C9H11F3N3O6P.2H3N/c10-3-1-15(8(17)14-6(3)13)7-9(11,12)5(16)4(21-7)2-22(18,19)20;;/h1,4-5,7,16H,2H2,(H2,13,14,17)(H2,18,19,20);2*1H3/t4-,5-,7-;;/m1../s1. The molecule has 0 aliphatic carbocycles. The number of ether oxygens (including phenoxy) is 1. The summed E-state index contributed by atoms with van der Waals surface area (Å²) in [7, 11) is -5.27. The highest BCUT2D eigenvalue weighted by Gasteiger charge is 2.59. The van der Waals surface area contributed by atoms with Gasteiger partial charge in [-0.3, -0.25) is 4.57 Å². The monoisotopic (exact) mass is 379 g/mol. The van der Waals surface area contributed by atoms with E-state index in [0.29, 0.717) is 0 Å². The van der Waals surface area contributed by atoms with E-state index in [4.69, 9.17) is 5.73 Å². The van der Waals surface area contributed by atoms with E-state index in [1.54, 1.807) is 0 Å². The molecule has 1 aromatic heterocycles. The summed E-state index contributed by atoms with van der Waals surface area (Å²) < 4.78 is 56.3. The maximum atomic E-state index is 13.9. The molecule has 2 rings (SSSR count). The second-order valence-electron chi connectivity index (χ2n) is 4.60. The predicted molar refractivity (Wildman–Crippen MR) is 72.2 cm³/mol. The molecule has 0 spiro atoms. The summed E-state index contributed by atoms with van der Waals surface area (Å²) in [5.74, 6) is -6.29. The Morgan fingerprint density at radius 2 is 2.00 bits per heavy atom. The normalized spacial score (nSPS) is 25.7. The van der Waals surface area contributed by atoms with Gasteiger partial charge in [0.15, 0.2) is 11.6 Å². The number of nitrogens with two attached hydrogens (primary N) is 1. The van der Waals surface area contributed by atoms with Crippen LogP contribution in [0.25, 0.3) is 0 Å². The van der Waals surface area contributed by atoms with Crippen LogP contribution in [0.4, 0.5) is 19.0 Å². The van der Waals surface area contributed by atoms with E-state index >= 15 is 0 Å². The number of quaternary nitrogens is 2.